The van der Waals surface area contributed by atoms with E-state index in [1.165, 1.54) is 0 Å². The fraction of sp³-hybridized carbons (Fsp3) is 0.467. The first-order valence-electron chi connectivity index (χ1n) is 7.43. The number of H-pyrrole nitrogens is 1. The van der Waals surface area contributed by atoms with Crippen LogP contribution in [0.3, 0.4) is 0 Å². The molecule has 0 aliphatic carbocycles. The first-order chi connectivity index (χ1) is 11.1. The Morgan fingerprint density at radius 2 is 2.09 bits per heavy atom. The molecule has 8 heteroatoms. The molecule has 23 heavy (non-hydrogen) atoms. The van der Waals surface area contributed by atoms with Crippen molar-refractivity contribution in [1.82, 2.24) is 20.1 Å². The minimum Gasteiger partial charge on any atom is -0.379 e. The predicted octanol–water partition coefficient (Wildman–Crippen LogP) is 3.41. The molecule has 0 saturated carbocycles. The number of nitrogens with one attached hydrogen (secondary N) is 1. The Bertz CT molecular complexity index is 661. The molecule has 5 nitrogen and oxygen atoms in total. The largest absolute Gasteiger partial charge is 0.379 e. The van der Waals surface area contributed by atoms with Crippen molar-refractivity contribution >= 4 is 35.0 Å². The number of thioether (sulfide) groups is 1. The molecule has 1 unspecified atom stereocenters. The number of aromatic nitrogens is 3. The maximum atomic E-state index is 6.14. The van der Waals surface area contributed by atoms with E-state index in [-0.39, 0.29) is 5.37 Å². The quantitative estimate of drug-likeness (QED) is 0.814. The maximum absolute atomic E-state index is 6.14. The van der Waals surface area contributed by atoms with Crippen LogP contribution >= 0.6 is 35.0 Å². The van der Waals surface area contributed by atoms with Crippen molar-refractivity contribution in [2.45, 2.75) is 23.9 Å². The van der Waals surface area contributed by atoms with Gasteiger partial charge in [0, 0.05) is 13.1 Å². The van der Waals surface area contributed by atoms with Gasteiger partial charge in [-0.15, -0.1) is 5.10 Å². The van der Waals surface area contributed by atoms with Gasteiger partial charge in [-0.25, -0.2) is 4.98 Å². The zero-order valence-corrected chi connectivity index (χ0v) is 15.1. The Balaban J connectivity index is 1.77. The van der Waals surface area contributed by atoms with E-state index in [0.29, 0.717) is 10.0 Å². The summed E-state index contributed by atoms with van der Waals surface area (Å²) in [6, 6.07) is 5.80. The highest BCUT2D eigenvalue weighted by Gasteiger charge is 2.24. The summed E-state index contributed by atoms with van der Waals surface area (Å²) in [5.74, 6) is 0.822. The molecule has 0 bridgehead atoms. The van der Waals surface area contributed by atoms with E-state index in [1.54, 1.807) is 11.8 Å². The Morgan fingerprint density at radius 3 is 2.74 bits per heavy atom. The van der Waals surface area contributed by atoms with Crippen molar-refractivity contribution in [3.8, 4) is 0 Å². The third kappa shape index (κ3) is 4.61. The predicted molar refractivity (Wildman–Crippen MR) is 93.3 cm³/mol. The van der Waals surface area contributed by atoms with Gasteiger partial charge in [-0.3, -0.25) is 10.00 Å². The first-order valence-corrected chi connectivity index (χ1v) is 9.07. The molecule has 1 aromatic heterocycles. The van der Waals surface area contributed by atoms with Crippen molar-refractivity contribution in [2.24, 2.45) is 0 Å². The van der Waals surface area contributed by atoms with Crippen LogP contribution in [0.15, 0.2) is 23.4 Å². The van der Waals surface area contributed by atoms with Gasteiger partial charge in [0.2, 0.25) is 5.16 Å². The monoisotopic (exact) mass is 372 g/mol. The van der Waals surface area contributed by atoms with E-state index in [2.05, 4.69) is 20.1 Å². The molecule has 1 aliphatic heterocycles. The van der Waals surface area contributed by atoms with Crippen molar-refractivity contribution in [1.29, 1.82) is 0 Å². The van der Waals surface area contributed by atoms with Gasteiger partial charge in [-0.05, 0) is 31.0 Å². The molecular formula is C15H18Cl2N4OS. The topological polar surface area (TPSA) is 54.0 Å². The molecule has 0 radical (unpaired) electrons. The van der Waals surface area contributed by atoms with E-state index in [9.17, 15) is 0 Å². The summed E-state index contributed by atoms with van der Waals surface area (Å²) < 4.78 is 5.46. The van der Waals surface area contributed by atoms with Gasteiger partial charge in [0.25, 0.3) is 0 Å². The third-order valence-electron chi connectivity index (χ3n) is 3.67. The number of morpholine rings is 1. The Hall–Kier alpha value is -0.790. The van der Waals surface area contributed by atoms with Crippen molar-refractivity contribution in [3.05, 3.63) is 39.6 Å². The molecule has 0 amide bonds. The van der Waals surface area contributed by atoms with E-state index in [0.717, 1.165) is 49.3 Å². The smallest absolute Gasteiger partial charge is 0.209 e. The number of aromatic amines is 1. The highest BCUT2D eigenvalue weighted by Crippen LogP contribution is 2.29. The second-order valence-electron chi connectivity index (χ2n) is 5.38. The van der Waals surface area contributed by atoms with Gasteiger partial charge in [0.05, 0.1) is 28.6 Å². The highest BCUT2D eigenvalue weighted by molar-refractivity contribution is 7.99. The van der Waals surface area contributed by atoms with E-state index in [4.69, 9.17) is 27.9 Å². The lowest BCUT2D eigenvalue weighted by atomic mass is 10.1. The average molecular weight is 373 g/mol. The molecular weight excluding hydrogens is 355 g/mol. The fourth-order valence-electron chi connectivity index (χ4n) is 2.48. The van der Waals surface area contributed by atoms with Gasteiger partial charge in [-0.1, -0.05) is 41.0 Å². The number of hydrogen-bond acceptors (Lipinski definition) is 5. The minimum absolute atomic E-state index is 0.228. The second kappa shape index (κ2) is 7.85. The van der Waals surface area contributed by atoms with Gasteiger partial charge >= 0.3 is 0 Å². The third-order valence-corrected chi connectivity index (χ3v) is 5.53. The summed E-state index contributed by atoms with van der Waals surface area (Å²) >= 11 is 13.8. The van der Waals surface area contributed by atoms with Crippen LogP contribution in [0.5, 0.6) is 0 Å². The fourth-order valence-corrected chi connectivity index (χ4v) is 3.96. The van der Waals surface area contributed by atoms with Crippen molar-refractivity contribution in [3.63, 3.8) is 0 Å². The van der Waals surface area contributed by atoms with Gasteiger partial charge in [0.1, 0.15) is 5.82 Å². The molecule has 1 N–H and O–H groups in total. The summed E-state index contributed by atoms with van der Waals surface area (Å²) in [4.78, 5) is 6.81. The summed E-state index contributed by atoms with van der Waals surface area (Å²) in [5.41, 5.74) is 1.15. The van der Waals surface area contributed by atoms with Gasteiger partial charge in [-0.2, -0.15) is 0 Å². The number of ether oxygens (including phenoxy) is 1. The molecule has 1 aliphatic rings. The summed E-state index contributed by atoms with van der Waals surface area (Å²) in [7, 11) is 0. The number of rotatable bonds is 5. The Labute approximate surface area is 149 Å². The van der Waals surface area contributed by atoms with Crippen LogP contribution < -0.4 is 0 Å². The molecule has 1 atom stereocenters. The number of benzene rings is 1. The Kier molecular flexibility index (Phi) is 5.82. The molecule has 0 spiro atoms. The first kappa shape index (κ1) is 17.0. The van der Waals surface area contributed by atoms with Crippen LogP contribution in [-0.4, -0.2) is 51.8 Å². The number of hydrogen-bond donors (Lipinski definition) is 1. The van der Waals surface area contributed by atoms with E-state index < -0.39 is 0 Å². The number of nitrogens with zero attached hydrogens (tertiary/aromatic N) is 3. The van der Waals surface area contributed by atoms with Gasteiger partial charge < -0.3 is 4.74 Å². The highest BCUT2D eigenvalue weighted by atomic mass is 35.5. The normalized spacial score (nSPS) is 17.3. The van der Waals surface area contributed by atoms with Crippen LogP contribution in [0.25, 0.3) is 0 Å². The summed E-state index contributed by atoms with van der Waals surface area (Å²) in [6.07, 6.45) is 0.842. The lowest BCUT2D eigenvalue weighted by Crippen LogP contribution is -2.43. The second-order valence-corrected chi connectivity index (χ2v) is 7.34. The average Bonchev–Trinajstić information content (AvgIpc) is 2.96. The van der Waals surface area contributed by atoms with E-state index >= 15 is 0 Å². The molecule has 1 saturated heterocycles. The molecule has 2 heterocycles. The van der Waals surface area contributed by atoms with Crippen molar-refractivity contribution in [2.75, 3.05) is 26.3 Å². The summed E-state index contributed by atoms with van der Waals surface area (Å²) in [5, 5.41) is 9.30. The maximum Gasteiger partial charge on any atom is 0.209 e. The molecule has 3 rings (SSSR count). The number of halogens is 2. The van der Waals surface area contributed by atoms with Crippen LogP contribution in [0, 0.1) is 6.92 Å². The Morgan fingerprint density at radius 1 is 1.30 bits per heavy atom. The lowest BCUT2D eigenvalue weighted by Gasteiger charge is -2.33. The summed E-state index contributed by atoms with van der Waals surface area (Å²) in [6.45, 7) is 5.22. The van der Waals surface area contributed by atoms with Crippen LogP contribution in [0.2, 0.25) is 10.0 Å². The van der Waals surface area contributed by atoms with E-state index in [1.807, 2.05) is 25.1 Å². The van der Waals surface area contributed by atoms with Crippen LogP contribution in [-0.2, 0) is 11.2 Å². The molecule has 1 aromatic carbocycles. The van der Waals surface area contributed by atoms with Gasteiger partial charge in [0.15, 0.2) is 0 Å². The van der Waals surface area contributed by atoms with Crippen molar-refractivity contribution < 1.29 is 4.74 Å². The molecule has 124 valence electrons. The molecule has 2 aromatic rings. The number of aryl methyl sites for hydroxylation is 1. The SMILES string of the molecule is Cc1nc(SC(Cc2ccc(Cl)c(Cl)c2)N2CCOCC2)n[nH]1. The van der Waals surface area contributed by atoms with Crippen LogP contribution in [0.4, 0.5) is 0 Å². The minimum atomic E-state index is 0.228. The standard InChI is InChI=1S/C15H18Cl2N4OS/c1-10-18-15(20-19-10)23-14(21-4-6-22-7-5-21)9-11-2-3-12(16)13(17)8-11/h2-3,8,14H,4-7,9H2,1H3,(H,18,19,20). The zero-order valence-electron chi connectivity index (χ0n) is 12.8. The van der Waals surface area contributed by atoms with Crippen LogP contribution in [0.1, 0.15) is 11.4 Å². The zero-order chi connectivity index (χ0) is 16.2. The lowest BCUT2D eigenvalue weighted by molar-refractivity contribution is 0.0326. The molecule has 1 fully saturated rings.